The molecular formula is C9H16BrNO3S. The average molecular weight is 298 g/mol. The Kier molecular flexibility index (Phi) is 7.04. The van der Waals surface area contributed by atoms with E-state index >= 15 is 0 Å². The monoisotopic (exact) mass is 297 g/mol. The molecule has 0 saturated carbocycles. The number of aliphatic hydroxyl groups excluding tert-OH is 1. The van der Waals surface area contributed by atoms with E-state index in [9.17, 15) is 4.79 Å². The molecule has 0 radical (unpaired) electrons. The molecule has 1 heterocycles. The summed E-state index contributed by atoms with van der Waals surface area (Å²) in [6.45, 7) is 2.42. The number of thioether (sulfide) groups is 1. The molecule has 1 rings (SSSR count). The van der Waals surface area contributed by atoms with Crippen LogP contribution in [-0.4, -0.2) is 42.1 Å². The van der Waals surface area contributed by atoms with Gasteiger partial charge in [0.15, 0.2) is 0 Å². The molecule has 0 aromatic heterocycles. The minimum Gasteiger partial charge on any atom is -0.468 e. The first-order chi connectivity index (χ1) is 6.69. The highest BCUT2D eigenvalue weighted by Crippen LogP contribution is 2.33. The van der Waals surface area contributed by atoms with E-state index in [1.165, 1.54) is 7.11 Å². The molecule has 1 aliphatic heterocycles. The molecule has 0 amide bonds. The van der Waals surface area contributed by atoms with Crippen molar-refractivity contribution in [1.82, 2.24) is 4.90 Å². The lowest BCUT2D eigenvalue weighted by Gasteiger charge is -2.17. The van der Waals surface area contributed by atoms with Gasteiger partial charge in [-0.3, -0.25) is 4.79 Å². The average Bonchev–Trinajstić information content (AvgIpc) is 2.50. The minimum absolute atomic E-state index is 0. The van der Waals surface area contributed by atoms with E-state index in [1.54, 1.807) is 11.8 Å². The van der Waals surface area contributed by atoms with Crippen molar-refractivity contribution in [3.8, 4) is 0 Å². The van der Waals surface area contributed by atoms with Crippen LogP contribution in [0.3, 0.4) is 0 Å². The number of rotatable bonds is 4. The molecule has 0 spiro atoms. The summed E-state index contributed by atoms with van der Waals surface area (Å²) in [5.41, 5.74) is 1.08. The summed E-state index contributed by atoms with van der Waals surface area (Å²) in [6, 6.07) is 0. The number of allylic oxidation sites excluding steroid dienone is 1. The topological polar surface area (TPSA) is 49.8 Å². The van der Waals surface area contributed by atoms with Gasteiger partial charge in [0.25, 0.3) is 0 Å². The van der Waals surface area contributed by atoms with E-state index in [2.05, 4.69) is 4.74 Å². The van der Waals surface area contributed by atoms with Crippen molar-refractivity contribution >= 4 is 34.7 Å². The van der Waals surface area contributed by atoms with E-state index in [4.69, 9.17) is 5.11 Å². The van der Waals surface area contributed by atoms with Gasteiger partial charge < -0.3 is 14.7 Å². The molecule has 0 fully saturated rings. The number of aliphatic hydroxyl groups is 1. The van der Waals surface area contributed by atoms with Crippen LogP contribution in [-0.2, 0) is 9.53 Å². The second-order valence-electron chi connectivity index (χ2n) is 3.03. The van der Waals surface area contributed by atoms with E-state index in [-0.39, 0.29) is 29.6 Å². The van der Waals surface area contributed by atoms with Gasteiger partial charge in [0.05, 0.1) is 13.0 Å². The zero-order chi connectivity index (χ0) is 10.6. The first-order valence-electron chi connectivity index (χ1n) is 4.44. The quantitative estimate of drug-likeness (QED) is 0.794. The summed E-state index contributed by atoms with van der Waals surface area (Å²) in [7, 11) is 1.39. The van der Waals surface area contributed by atoms with Gasteiger partial charge in [-0.2, -0.15) is 0 Å². The fraction of sp³-hybridized carbons (Fsp3) is 0.667. The van der Waals surface area contributed by atoms with Crippen molar-refractivity contribution < 1.29 is 14.6 Å². The van der Waals surface area contributed by atoms with E-state index in [0.29, 0.717) is 13.0 Å². The lowest BCUT2D eigenvalue weighted by molar-refractivity contribution is -0.141. The molecule has 1 aliphatic rings. The Morgan fingerprint density at radius 1 is 1.67 bits per heavy atom. The van der Waals surface area contributed by atoms with Gasteiger partial charge in [-0.15, -0.1) is 28.7 Å². The fourth-order valence-electron chi connectivity index (χ4n) is 1.27. The van der Waals surface area contributed by atoms with Gasteiger partial charge >= 0.3 is 5.97 Å². The van der Waals surface area contributed by atoms with Crippen molar-refractivity contribution in [2.75, 3.05) is 26.1 Å². The predicted octanol–water partition coefficient (Wildman–Crippen LogP) is 1.36. The van der Waals surface area contributed by atoms with Crippen LogP contribution in [0.15, 0.2) is 10.6 Å². The fourth-order valence-corrected chi connectivity index (χ4v) is 2.44. The molecule has 0 aliphatic carbocycles. The number of carbonyl (C=O) groups excluding carboxylic acids is 1. The van der Waals surface area contributed by atoms with Crippen molar-refractivity contribution in [3.63, 3.8) is 0 Å². The Morgan fingerprint density at radius 2 is 2.33 bits per heavy atom. The standard InChI is InChI=1S/C9H15NO3S.BrH/c1-7-8(3-4-11)14-6-10(7)5-9(12)13-2;/h11H,3-6H2,1-2H3;1H. The number of methoxy groups -OCH3 is 1. The minimum atomic E-state index is -0.227. The molecule has 0 atom stereocenters. The first-order valence-corrected chi connectivity index (χ1v) is 5.42. The second-order valence-corrected chi connectivity index (χ2v) is 4.07. The Bertz CT molecular complexity index is 258. The smallest absolute Gasteiger partial charge is 0.325 e. The van der Waals surface area contributed by atoms with E-state index in [0.717, 1.165) is 16.5 Å². The summed E-state index contributed by atoms with van der Waals surface area (Å²) in [6.07, 6.45) is 0.675. The number of hydrogen-bond acceptors (Lipinski definition) is 5. The van der Waals surface area contributed by atoms with Gasteiger partial charge in [0.1, 0.15) is 6.54 Å². The molecule has 0 saturated heterocycles. The van der Waals surface area contributed by atoms with Crippen molar-refractivity contribution in [1.29, 1.82) is 0 Å². The zero-order valence-corrected chi connectivity index (χ0v) is 11.4. The van der Waals surface area contributed by atoms with Crippen LogP contribution in [0.5, 0.6) is 0 Å². The molecule has 6 heteroatoms. The Hall–Kier alpha value is -0.200. The van der Waals surface area contributed by atoms with Crippen molar-refractivity contribution in [2.24, 2.45) is 0 Å². The number of carbonyl (C=O) groups is 1. The molecule has 4 nitrogen and oxygen atoms in total. The predicted molar refractivity (Wildman–Crippen MR) is 65.9 cm³/mol. The van der Waals surface area contributed by atoms with Crippen LogP contribution < -0.4 is 0 Å². The van der Waals surface area contributed by atoms with Crippen LogP contribution in [0.1, 0.15) is 13.3 Å². The van der Waals surface area contributed by atoms with Crippen LogP contribution in [0.4, 0.5) is 0 Å². The molecule has 88 valence electrons. The molecule has 0 aromatic rings. The number of esters is 1. The summed E-state index contributed by atoms with van der Waals surface area (Å²) >= 11 is 1.67. The maximum Gasteiger partial charge on any atom is 0.325 e. The zero-order valence-electron chi connectivity index (χ0n) is 8.86. The lowest BCUT2D eigenvalue weighted by atomic mass is 10.3. The van der Waals surface area contributed by atoms with Gasteiger partial charge in [-0.1, -0.05) is 0 Å². The van der Waals surface area contributed by atoms with Crippen LogP contribution in [0.25, 0.3) is 0 Å². The van der Waals surface area contributed by atoms with Crippen LogP contribution in [0.2, 0.25) is 0 Å². The lowest BCUT2D eigenvalue weighted by Crippen LogP contribution is -2.26. The molecule has 0 aromatic carbocycles. The van der Waals surface area contributed by atoms with Gasteiger partial charge in [-0.25, -0.2) is 0 Å². The highest BCUT2D eigenvalue weighted by molar-refractivity contribution is 8.93. The number of nitrogens with zero attached hydrogens (tertiary/aromatic N) is 1. The Morgan fingerprint density at radius 3 is 2.87 bits per heavy atom. The van der Waals surface area contributed by atoms with Gasteiger partial charge in [0.2, 0.25) is 0 Å². The number of ether oxygens (including phenoxy) is 1. The maximum atomic E-state index is 11.0. The molecule has 0 unspecified atom stereocenters. The summed E-state index contributed by atoms with van der Waals surface area (Å²) in [5, 5.41) is 8.80. The third-order valence-electron chi connectivity index (χ3n) is 2.16. The van der Waals surface area contributed by atoms with Crippen molar-refractivity contribution in [2.45, 2.75) is 13.3 Å². The van der Waals surface area contributed by atoms with Crippen LogP contribution in [0, 0.1) is 0 Å². The second kappa shape index (κ2) is 7.14. The number of halogens is 1. The highest BCUT2D eigenvalue weighted by atomic mass is 79.9. The molecule has 15 heavy (non-hydrogen) atoms. The summed E-state index contributed by atoms with van der Waals surface area (Å²) in [5.74, 6) is 0.547. The molecular weight excluding hydrogens is 282 g/mol. The van der Waals surface area contributed by atoms with Gasteiger partial charge in [-0.05, 0) is 6.92 Å². The maximum absolute atomic E-state index is 11.0. The number of hydrogen-bond donors (Lipinski definition) is 1. The normalized spacial score (nSPS) is 15.3. The SMILES string of the molecule is Br.COC(=O)CN1CSC(CCO)=C1C. The third kappa shape index (κ3) is 4.04. The Labute approximate surface area is 104 Å². The van der Waals surface area contributed by atoms with E-state index in [1.807, 2.05) is 11.8 Å². The van der Waals surface area contributed by atoms with E-state index < -0.39 is 0 Å². The molecule has 0 bridgehead atoms. The first kappa shape index (κ1) is 14.8. The highest BCUT2D eigenvalue weighted by Gasteiger charge is 2.21. The van der Waals surface area contributed by atoms with Gasteiger partial charge in [0, 0.05) is 23.6 Å². The summed E-state index contributed by atoms with van der Waals surface area (Å²) < 4.78 is 4.59. The van der Waals surface area contributed by atoms with Crippen LogP contribution >= 0.6 is 28.7 Å². The third-order valence-corrected chi connectivity index (χ3v) is 3.45. The largest absolute Gasteiger partial charge is 0.468 e. The molecule has 1 N–H and O–H groups in total. The Balaban J connectivity index is 0.00000196. The summed E-state index contributed by atoms with van der Waals surface area (Å²) in [4.78, 5) is 14.2. The van der Waals surface area contributed by atoms with Crippen molar-refractivity contribution in [3.05, 3.63) is 10.6 Å².